The van der Waals surface area contributed by atoms with E-state index in [0.29, 0.717) is 0 Å². The Kier molecular flexibility index (Phi) is 4.01. The molecular weight excluding hydrogens is 208 g/mol. The van der Waals surface area contributed by atoms with E-state index >= 15 is 0 Å². The molecule has 1 saturated heterocycles. The number of rotatable bonds is 3. The second kappa shape index (κ2) is 4.71. The highest BCUT2D eigenvalue weighted by Crippen LogP contribution is 2.28. The Bertz CT molecular complexity index is 211. The van der Waals surface area contributed by atoms with Crippen LogP contribution >= 0.6 is 0 Å². The standard InChI is InChI=1S/C8H15O7/c9-2-4(10)1-8(14)7(13)6(12)5(11)3-15-8/h4-7,10-14H,1-3H2/t4?,5-,6+,7-,8?/m1/s1. The summed E-state index contributed by atoms with van der Waals surface area (Å²) in [5.74, 6) is -2.19. The Morgan fingerprint density at radius 2 is 2.00 bits per heavy atom. The van der Waals surface area contributed by atoms with E-state index in [1.165, 1.54) is 0 Å². The average molecular weight is 223 g/mol. The van der Waals surface area contributed by atoms with Crippen LogP contribution in [0.1, 0.15) is 6.42 Å². The van der Waals surface area contributed by atoms with Crippen molar-refractivity contribution in [3.05, 3.63) is 0 Å². The monoisotopic (exact) mass is 223 g/mol. The van der Waals surface area contributed by atoms with Gasteiger partial charge < -0.3 is 30.3 Å². The molecule has 1 aliphatic heterocycles. The molecule has 0 saturated carbocycles. The smallest absolute Gasteiger partial charge is 0.197 e. The number of aliphatic hydroxyl groups excluding tert-OH is 4. The summed E-state index contributed by atoms with van der Waals surface area (Å²) in [5, 5.41) is 56.8. The summed E-state index contributed by atoms with van der Waals surface area (Å²) in [7, 11) is 0. The molecule has 1 radical (unpaired) electrons. The van der Waals surface area contributed by atoms with E-state index in [1.807, 2.05) is 0 Å². The van der Waals surface area contributed by atoms with Crippen LogP contribution in [0.2, 0.25) is 0 Å². The van der Waals surface area contributed by atoms with Gasteiger partial charge in [-0.05, 0) is 0 Å². The maximum atomic E-state index is 10.3. The molecule has 0 spiro atoms. The first-order valence-electron chi connectivity index (χ1n) is 4.57. The van der Waals surface area contributed by atoms with Crippen molar-refractivity contribution in [3.8, 4) is 0 Å². The van der Waals surface area contributed by atoms with Crippen LogP contribution in [0.15, 0.2) is 0 Å². The highest BCUT2D eigenvalue weighted by atomic mass is 16.6. The van der Waals surface area contributed by atoms with Gasteiger partial charge in [-0.2, -0.15) is 0 Å². The Balaban J connectivity index is 2.67. The van der Waals surface area contributed by atoms with Crippen LogP contribution in [-0.2, 0) is 9.84 Å². The summed E-state index contributed by atoms with van der Waals surface area (Å²) in [6, 6.07) is 0. The molecule has 0 aromatic rings. The van der Waals surface area contributed by atoms with E-state index in [9.17, 15) is 20.4 Å². The Hall–Kier alpha value is -0.280. The molecule has 5 atom stereocenters. The lowest BCUT2D eigenvalue weighted by molar-refractivity contribution is -0.329. The van der Waals surface area contributed by atoms with Crippen molar-refractivity contribution in [2.75, 3.05) is 13.2 Å². The minimum absolute atomic E-state index is 0.375. The number of hydrogen-bond donors (Lipinski definition) is 5. The van der Waals surface area contributed by atoms with E-state index < -0.39 is 43.2 Å². The van der Waals surface area contributed by atoms with Gasteiger partial charge in [0.25, 0.3) is 0 Å². The van der Waals surface area contributed by atoms with Gasteiger partial charge in [-0.15, -0.1) is 0 Å². The Morgan fingerprint density at radius 1 is 1.40 bits per heavy atom. The van der Waals surface area contributed by atoms with Crippen LogP contribution in [0, 0.1) is 0 Å². The van der Waals surface area contributed by atoms with Crippen molar-refractivity contribution in [1.29, 1.82) is 0 Å². The molecule has 0 aliphatic carbocycles. The van der Waals surface area contributed by atoms with Crippen LogP contribution in [0.3, 0.4) is 0 Å². The minimum Gasteiger partial charge on any atom is -0.390 e. The number of hydrogen-bond acceptors (Lipinski definition) is 6. The zero-order valence-electron chi connectivity index (χ0n) is 7.98. The number of ether oxygens (including phenoxy) is 1. The first-order valence-corrected chi connectivity index (χ1v) is 4.57. The predicted octanol–water partition coefficient (Wildman–Crippen LogP) is -3.03. The van der Waals surface area contributed by atoms with E-state index in [1.54, 1.807) is 0 Å². The fourth-order valence-corrected chi connectivity index (χ4v) is 1.47. The van der Waals surface area contributed by atoms with Crippen LogP contribution < -0.4 is 0 Å². The van der Waals surface area contributed by atoms with Crippen LogP contribution in [0.5, 0.6) is 0 Å². The SMILES string of the molecule is [O]CC(O)CC1(O)OC[C@@H](O)[C@H](O)[C@H]1O. The third kappa shape index (κ3) is 2.64. The van der Waals surface area contributed by atoms with Crippen LogP contribution in [0.25, 0.3) is 0 Å². The van der Waals surface area contributed by atoms with Crippen molar-refractivity contribution in [3.63, 3.8) is 0 Å². The summed E-state index contributed by atoms with van der Waals surface area (Å²) >= 11 is 0. The highest BCUT2D eigenvalue weighted by Gasteiger charge is 2.49. The van der Waals surface area contributed by atoms with E-state index in [-0.39, 0.29) is 6.61 Å². The van der Waals surface area contributed by atoms with Gasteiger partial charge in [0.1, 0.15) is 24.9 Å². The molecule has 7 heteroatoms. The lowest BCUT2D eigenvalue weighted by atomic mass is 9.93. The molecule has 89 valence electrons. The maximum Gasteiger partial charge on any atom is 0.197 e. The predicted molar refractivity (Wildman–Crippen MR) is 45.1 cm³/mol. The van der Waals surface area contributed by atoms with Gasteiger partial charge in [-0.25, -0.2) is 5.11 Å². The molecular formula is C8H15O7. The van der Waals surface area contributed by atoms with Gasteiger partial charge in [0.05, 0.1) is 12.7 Å². The van der Waals surface area contributed by atoms with Crippen molar-refractivity contribution in [2.45, 2.75) is 36.6 Å². The third-order valence-electron chi connectivity index (χ3n) is 2.40. The maximum absolute atomic E-state index is 10.3. The third-order valence-corrected chi connectivity index (χ3v) is 2.40. The first-order chi connectivity index (χ1) is 6.90. The summed E-state index contributed by atoms with van der Waals surface area (Å²) in [6.07, 6.45) is -6.52. The second-order valence-corrected chi connectivity index (χ2v) is 3.68. The molecule has 2 unspecified atom stereocenters. The zero-order valence-corrected chi connectivity index (χ0v) is 7.98. The molecule has 0 amide bonds. The topological polar surface area (TPSA) is 130 Å². The van der Waals surface area contributed by atoms with Crippen LogP contribution in [-0.4, -0.2) is 68.9 Å². The molecule has 1 heterocycles. The minimum atomic E-state index is -2.19. The average Bonchev–Trinajstić information content (AvgIpc) is 2.21. The van der Waals surface area contributed by atoms with Gasteiger partial charge in [0, 0.05) is 6.42 Å². The Morgan fingerprint density at radius 3 is 2.53 bits per heavy atom. The molecule has 7 nitrogen and oxygen atoms in total. The molecule has 5 N–H and O–H groups in total. The van der Waals surface area contributed by atoms with E-state index in [2.05, 4.69) is 0 Å². The van der Waals surface area contributed by atoms with Gasteiger partial charge in [-0.1, -0.05) is 0 Å². The normalized spacial score (nSPS) is 44.0. The summed E-state index contributed by atoms with van der Waals surface area (Å²) < 4.78 is 4.73. The molecule has 1 fully saturated rings. The van der Waals surface area contributed by atoms with Crippen molar-refractivity contribution < 1.29 is 35.4 Å². The first kappa shape index (κ1) is 12.8. The Labute approximate surface area is 86.2 Å². The second-order valence-electron chi connectivity index (χ2n) is 3.68. The summed E-state index contributed by atoms with van der Waals surface area (Å²) in [4.78, 5) is 0. The van der Waals surface area contributed by atoms with Crippen molar-refractivity contribution >= 4 is 0 Å². The van der Waals surface area contributed by atoms with Gasteiger partial charge in [0.2, 0.25) is 0 Å². The van der Waals surface area contributed by atoms with Gasteiger partial charge in [0.15, 0.2) is 5.79 Å². The summed E-state index contributed by atoms with van der Waals surface area (Å²) in [6.45, 7) is -1.22. The quantitative estimate of drug-likeness (QED) is 0.346. The largest absolute Gasteiger partial charge is 0.390 e. The number of aliphatic hydroxyl groups is 5. The van der Waals surface area contributed by atoms with Crippen LogP contribution in [0.4, 0.5) is 0 Å². The molecule has 1 aliphatic rings. The highest BCUT2D eigenvalue weighted by molar-refractivity contribution is 4.92. The fourth-order valence-electron chi connectivity index (χ4n) is 1.47. The van der Waals surface area contributed by atoms with E-state index in [0.717, 1.165) is 0 Å². The van der Waals surface area contributed by atoms with Gasteiger partial charge >= 0.3 is 0 Å². The fraction of sp³-hybridized carbons (Fsp3) is 1.00. The van der Waals surface area contributed by atoms with Crippen molar-refractivity contribution in [1.82, 2.24) is 0 Å². The lowest BCUT2D eigenvalue weighted by Crippen LogP contribution is -2.61. The van der Waals surface area contributed by atoms with E-state index in [4.69, 9.17) is 14.9 Å². The molecule has 0 bridgehead atoms. The summed E-state index contributed by atoms with van der Waals surface area (Å²) in [5.41, 5.74) is 0. The van der Waals surface area contributed by atoms with Gasteiger partial charge in [-0.3, -0.25) is 0 Å². The lowest BCUT2D eigenvalue weighted by Gasteiger charge is -2.42. The molecule has 0 aromatic carbocycles. The molecule has 1 rings (SSSR count). The van der Waals surface area contributed by atoms with Crippen molar-refractivity contribution in [2.24, 2.45) is 0 Å². The molecule has 0 aromatic heterocycles. The molecule has 15 heavy (non-hydrogen) atoms. The zero-order chi connectivity index (χ0) is 11.6.